The Bertz CT molecular complexity index is 4500. The van der Waals surface area contributed by atoms with Crippen LogP contribution in [0.3, 0.4) is 0 Å². The van der Waals surface area contributed by atoms with Crippen LogP contribution in [0.2, 0.25) is 6.55 Å². The molecule has 0 N–H and O–H groups in total. The Morgan fingerprint density at radius 3 is 1.05 bits per heavy atom. The molecule has 16 rings (SSSR count). The molecular weight excluding hydrogens is 941 g/mol. The van der Waals surface area contributed by atoms with Gasteiger partial charge in [-0.15, -0.1) is 0 Å². The average Bonchev–Trinajstić information content (AvgIpc) is 4.21. The molecular formula is C76H56Si. The first kappa shape index (κ1) is 44.7. The molecule has 0 aromatic heterocycles. The minimum atomic E-state index is -0.444. The summed E-state index contributed by atoms with van der Waals surface area (Å²) in [6.45, 7) is 12.1. The molecule has 1 heteroatoms. The van der Waals surface area contributed by atoms with E-state index in [-0.39, 0.29) is 10.8 Å². The van der Waals surface area contributed by atoms with E-state index in [1.807, 2.05) is 0 Å². The molecule has 0 bridgehead atoms. The Morgan fingerprint density at radius 1 is 0.247 bits per heavy atom. The molecule has 0 unspecified atom stereocenters. The maximum absolute atomic E-state index is 2.55. The summed E-state index contributed by atoms with van der Waals surface area (Å²) in [4.78, 5) is 0. The van der Waals surface area contributed by atoms with Gasteiger partial charge in [0.1, 0.15) is 0 Å². The summed E-state index contributed by atoms with van der Waals surface area (Å²) in [5.41, 5.74) is 31.2. The Kier molecular flexibility index (Phi) is 9.26. The van der Waals surface area contributed by atoms with Crippen LogP contribution in [-0.2, 0) is 16.2 Å². The van der Waals surface area contributed by atoms with E-state index in [1.54, 1.807) is 0 Å². The minimum Gasteiger partial charge on any atom is -0.0708 e. The number of hydrogen-bond donors (Lipinski definition) is 0. The van der Waals surface area contributed by atoms with E-state index in [0.717, 1.165) is 0 Å². The first-order chi connectivity index (χ1) is 37.7. The van der Waals surface area contributed by atoms with Gasteiger partial charge in [-0.3, -0.25) is 0 Å². The van der Waals surface area contributed by atoms with Crippen LogP contribution >= 0.6 is 0 Å². The summed E-state index contributed by atoms with van der Waals surface area (Å²) in [7, 11) is -0.444. The van der Waals surface area contributed by atoms with Gasteiger partial charge in [0.25, 0.3) is 0 Å². The zero-order valence-electron chi connectivity index (χ0n) is 44.2. The highest BCUT2D eigenvalue weighted by molar-refractivity contribution is 6.54. The summed E-state index contributed by atoms with van der Waals surface area (Å²) in [5.74, 6) is 0. The molecule has 77 heavy (non-hydrogen) atoms. The summed E-state index contributed by atoms with van der Waals surface area (Å²) in [6.07, 6.45) is 0. The van der Waals surface area contributed by atoms with E-state index in [1.165, 1.54) is 160 Å². The van der Waals surface area contributed by atoms with Crippen molar-refractivity contribution in [2.45, 2.75) is 50.5 Å². The third-order valence-corrected chi connectivity index (χ3v) is 20.3. The predicted octanol–water partition coefficient (Wildman–Crippen LogP) is 18.5. The molecule has 0 fully saturated rings. The van der Waals surface area contributed by atoms with E-state index in [2.05, 4.69) is 271 Å². The third-order valence-electron chi connectivity index (χ3n) is 18.9. The smallest absolute Gasteiger partial charge is 0.0708 e. The normalized spacial score (nSPS) is 15.1. The number of fused-ring (bicyclic) bond motifs is 18. The Balaban J connectivity index is 0.993. The minimum absolute atomic E-state index is 0.143. The van der Waals surface area contributed by atoms with Crippen molar-refractivity contribution in [1.29, 1.82) is 0 Å². The monoisotopic (exact) mass is 996 g/mol. The standard InChI is InChI=1S/C76H56Si/c1-74(2)63-24-12-6-19-51(63)56-36-33-48(43-68(56)74)72-60-39-32-47(50-18-11-17-29-71(50)77-5)41-62(60)73(49-34-37-57-52-20-7-13-25-64(52)75(3,4)69(57)44-49)59-38-31-45(40-61(59)72)46-30-35-58-55-23-10-16-28-67(55)76(70(58)42-46)65-26-14-8-21-53(65)54-22-9-15-27-66(54)76/h6-44H,77H2,1-5H3. The summed E-state index contributed by atoms with van der Waals surface area (Å²) in [5, 5.41) is 6.60. The molecule has 0 aliphatic heterocycles. The van der Waals surface area contributed by atoms with Gasteiger partial charge in [0, 0.05) is 10.8 Å². The lowest BCUT2D eigenvalue weighted by atomic mass is 9.70. The zero-order valence-corrected chi connectivity index (χ0v) is 45.6. The van der Waals surface area contributed by atoms with E-state index < -0.39 is 14.9 Å². The van der Waals surface area contributed by atoms with E-state index in [4.69, 9.17) is 0 Å². The molecule has 0 saturated heterocycles. The number of benzene rings is 12. The fourth-order valence-corrected chi connectivity index (χ4v) is 16.4. The Morgan fingerprint density at radius 2 is 0.571 bits per heavy atom. The number of rotatable bonds is 5. The van der Waals surface area contributed by atoms with Gasteiger partial charge in [-0.1, -0.05) is 246 Å². The van der Waals surface area contributed by atoms with E-state index >= 15 is 0 Å². The van der Waals surface area contributed by atoms with Crippen molar-refractivity contribution in [3.8, 4) is 89.0 Å². The van der Waals surface area contributed by atoms with Crippen molar-refractivity contribution >= 4 is 36.3 Å². The SMILES string of the molecule is C[SiH2]c1ccccc1-c1ccc2c(-c3ccc4c(c3)C(C)(C)c3ccccc3-4)c3cc(-c4ccc5c(c4)C4(c6ccccc6-c6ccccc64)c4ccccc4-5)ccc3c(-c3ccc4c(c3)C(C)(C)c3ccccc3-4)c2c1. The largest absolute Gasteiger partial charge is 0.0725 e. The topological polar surface area (TPSA) is 0 Å². The molecule has 12 aromatic rings. The molecule has 4 aliphatic rings. The van der Waals surface area contributed by atoms with Gasteiger partial charge >= 0.3 is 0 Å². The van der Waals surface area contributed by atoms with Gasteiger partial charge in [0.2, 0.25) is 0 Å². The number of hydrogen-bond acceptors (Lipinski definition) is 0. The molecule has 12 aromatic carbocycles. The van der Waals surface area contributed by atoms with Crippen molar-refractivity contribution < 1.29 is 0 Å². The lowest BCUT2D eigenvalue weighted by Crippen LogP contribution is -2.25. The van der Waals surface area contributed by atoms with Gasteiger partial charge in [0.15, 0.2) is 0 Å². The molecule has 364 valence electrons. The predicted molar refractivity (Wildman–Crippen MR) is 329 cm³/mol. The quantitative estimate of drug-likeness (QED) is 0.119. The molecule has 0 amide bonds. The van der Waals surface area contributed by atoms with Crippen LogP contribution < -0.4 is 5.19 Å². The lowest BCUT2D eigenvalue weighted by Gasteiger charge is -2.30. The molecule has 0 nitrogen and oxygen atoms in total. The fraction of sp³-hybridized carbons (Fsp3) is 0.105. The molecule has 0 atom stereocenters. The van der Waals surface area contributed by atoms with Crippen LogP contribution in [0.25, 0.3) is 111 Å². The van der Waals surface area contributed by atoms with Crippen LogP contribution in [0.4, 0.5) is 0 Å². The van der Waals surface area contributed by atoms with Crippen LogP contribution in [-0.4, -0.2) is 9.52 Å². The second-order valence-corrected chi connectivity index (χ2v) is 24.8. The van der Waals surface area contributed by atoms with Crippen LogP contribution in [0.15, 0.2) is 237 Å². The van der Waals surface area contributed by atoms with E-state index in [0.29, 0.717) is 0 Å². The van der Waals surface area contributed by atoms with Crippen LogP contribution in [0.1, 0.15) is 72.2 Å². The third kappa shape index (κ3) is 5.93. The van der Waals surface area contributed by atoms with Crippen molar-refractivity contribution in [1.82, 2.24) is 0 Å². The summed E-state index contributed by atoms with van der Waals surface area (Å²) < 4.78 is 0. The maximum Gasteiger partial charge on any atom is 0.0725 e. The van der Waals surface area contributed by atoms with Gasteiger partial charge < -0.3 is 0 Å². The fourth-order valence-electron chi connectivity index (χ4n) is 15.3. The molecule has 0 heterocycles. The van der Waals surface area contributed by atoms with Gasteiger partial charge in [-0.05, 0) is 185 Å². The highest BCUT2D eigenvalue weighted by Crippen LogP contribution is 2.63. The molecule has 0 saturated carbocycles. The van der Waals surface area contributed by atoms with Crippen molar-refractivity contribution in [2.24, 2.45) is 0 Å². The summed E-state index contributed by atoms with van der Waals surface area (Å²) in [6, 6.07) is 91.6. The van der Waals surface area contributed by atoms with Crippen LogP contribution in [0.5, 0.6) is 0 Å². The Labute approximate surface area is 454 Å². The van der Waals surface area contributed by atoms with Crippen LogP contribution in [0, 0.1) is 0 Å². The molecule has 4 aliphatic carbocycles. The van der Waals surface area contributed by atoms with Crippen molar-refractivity contribution in [2.75, 3.05) is 0 Å². The first-order valence-corrected chi connectivity index (χ1v) is 29.8. The lowest BCUT2D eigenvalue weighted by molar-refractivity contribution is 0.660. The average molecular weight is 997 g/mol. The second kappa shape index (κ2) is 16.0. The van der Waals surface area contributed by atoms with Gasteiger partial charge in [-0.25, -0.2) is 0 Å². The van der Waals surface area contributed by atoms with Gasteiger partial charge in [-0.2, -0.15) is 0 Å². The summed E-state index contributed by atoms with van der Waals surface area (Å²) >= 11 is 0. The highest BCUT2D eigenvalue weighted by Gasteiger charge is 2.51. The maximum atomic E-state index is 2.55. The van der Waals surface area contributed by atoms with E-state index in [9.17, 15) is 0 Å². The molecule has 1 spiro atoms. The van der Waals surface area contributed by atoms with Crippen molar-refractivity contribution in [3.05, 3.63) is 281 Å². The first-order valence-electron chi connectivity index (χ1n) is 27.7. The Hall–Kier alpha value is -8.62. The molecule has 0 radical (unpaired) electrons. The van der Waals surface area contributed by atoms with Crippen molar-refractivity contribution in [3.63, 3.8) is 0 Å². The highest BCUT2D eigenvalue weighted by atomic mass is 28.2. The van der Waals surface area contributed by atoms with Gasteiger partial charge in [0.05, 0.1) is 14.9 Å². The zero-order chi connectivity index (χ0) is 51.5. The second-order valence-electron chi connectivity index (χ2n) is 23.3.